The van der Waals surface area contributed by atoms with E-state index >= 15 is 0 Å². The first-order chi connectivity index (χ1) is 9.47. The maximum atomic E-state index is 6.04. The lowest BCUT2D eigenvalue weighted by atomic mass is 10.1. The van der Waals surface area contributed by atoms with Crippen LogP contribution >= 0.6 is 50.7 Å². The maximum absolute atomic E-state index is 6.04. The molecule has 0 bridgehead atoms. The minimum atomic E-state index is 0.173. The van der Waals surface area contributed by atoms with Gasteiger partial charge in [-0.3, -0.25) is 0 Å². The molecule has 0 fully saturated rings. The fourth-order valence-electron chi connectivity index (χ4n) is 1.83. The van der Waals surface area contributed by atoms with E-state index in [4.69, 9.17) is 34.8 Å². The molecule has 0 aliphatic carbocycles. The summed E-state index contributed by atoms with van der Waals surface area (Å²) in [5.74, 6) is 0. The predicted octanol–water partition coefficient (Wildman–Crippen LogP) is 6.26. The maximum Gasteiger partial charge on any atom is 0.0595 e. The first-order valence-electron chi connectivity index (χ1n) is 6.09. The van der Waals surface area contributed by atoms with Gasteiger partial charge in [0.05, 0.1) is 10.0 Å². The average Bonchev–Trinajstić information content (AvgIpc) is 2.40. The average molecular weight is 394 g/mol. The molecule has 0 spiro atoms. The monoisotopic (exact) mass is 391 g/mol. The molecular formula is C15H13BrCl3N. The molecule has 1 nitrogen and oxygen atoms in total. The number of hydrogen-bond donors (Lipinski definition) is 1. The highest BCUT2D eigenvalue weighted by molar-refractivity contribution is 9.10. The zero-order chi connectivity index (χ0) is 14.7. The molecule has 0 saturated heterocycles. The zero-order valence-corrected chi connectivity index (χ0v) is 14.6. The van der Waals surface area contributed by atoms with E-state index in [1.807, 2.05) is 36.4 Å². The Morgan fingerprint density at radius 2 is 1.80 bits per heavy atom. The first-order valence-corrected chi connectivity index (χ1v) is 8.02. The molecule has 106 valence electrons. The summed E-state index contributed by atoms with van der Waals surface area (Å²) in [6.07, 6.45) is 0. The van der Waals surface area contributed by atoms with Crippen LogP contribution in [-0.4, -0.2) is 0 Å². The molecule has 0 amide bonds. The van der Waals surface area contributed by atoms with Crippen molar-refractivity contribution in [3.8, 4) is 0 Å². The summed E-state index contributed by atoms with van der Waals surface area (Å²) in [5, 5.41) is 5.31. The number of hydrogen-bond acceptors (Lipinski definition) is 1. The van der Waals surface area contributed by atoms with Crippen LogP contribution in [-0.2, 0) is 6.54 Å². The fourth-order valence-corrected chi connectivity index (χ4v) is 2.96. The van der Waals surface area contributed by atoms with E-state index in [1.165, 1.54) is 0 Å². The molecule has 1 N–H and O–H groups in total. The van der Waals surface area contributed by atoms with Crippen LogP contribution in [0.2, 0.25) is 15.1 Å². The molecule has 0 aromatic heterocycles. The Balaban J connectivity index is 2.04. The topological polar surface area (TPSA) is 12.0 Å². The van der Waals surface area contributed by atoms with Crippen LogP contribution in [0.5, 0.6) is 0 Å². The summed E-state index contributed by atoms with van der Waals surface area (Å²) in [7, 11) is 0. The summed E-state index contributed by atoms with van der Waals surface area (Å²) in [6.45, 7) is 2.82. The van der Waals surface area contributed by atoms with E-state index in [0.717, 1.165) is 27.2 Å². The minimum absolute atomic E-state index is 0.173. The molecule has 0 aliphatic rings. The number of benzene rings is 2. The van der Waals surface area contributed by atoms with E-state index < -0.39 is 0 Å². The molecule has 1 atom stereocenters. The van der Waals surface area contributed by atoms with Crippen molar-refractivity contribution < 1.29 is 0 Å². The van der Waals surface area contributed by atoms with Crippen LogP contribution in [0.3, 0.4) is 0 Å². The van der Waals surface area contributed by atoms with E-state index in [-0.39, 0.29) is 6.04 Å². The molecule has 2 aromatic rings. The van der Waals surface area contributed by atoms with Gasteiger partial charge in [0.25, 0.3) is 0 Å². The lowest BCUT2D eigenvalue weighted by Crippen LogP contribution is -2.18. The summed E-state index contributed by atoms with van der Waals surface area (Å²) in [4.78, 5) is 0. The fraction of sp³-hybridized carbons (Fsp3) is 0.200. The van der Waals surface area contributed by atoms with Gasteiger partial charge in [0.15, 0.2) is 0 Å². The molecule has 5 heteroatoms. The Kier molecular flexibility index (Phi) is 5.76. The van der Waals surface area contributed by atoms with Gasteiger partial charge in [-0.25, -0.2) is 0 Å². The van der Waals surface area contributed by atoms with Crippen molar-refractivity contribution in [2.75, 3.05) is 0 Å². The summed E-state index contributed by atoms with van der Waals surface area (Å²) >= 11 is 21.4. The number of nitrogens with one attached hydrogen (secondary N) is 1. The second kappa shape index (κ2) is 7.15. The smallest absolute Gasteiger partial charge is 0.0595 e. The van der Waals surface area contributed by atoms with Crippen LogP contribution in [0.25, 0.3) is 0 Å². The SMILES string of the molecule is CC(NCc1ccc(Cl)cc1Br)c1ccc(Cl)c(Cl)c1. The van der Waals surface area contributed by atoms with Gasteiger partial charge in [0.1, 0.15) is 0 Å². The molecule has 20 heavy (non-hydrogen) atoms. The van der Waals surface area contributed by atoms with Crippen molar-refractivity contribution in [1.82, 2.24) is 5.32 Å². The lowest BCUT2D eigenvalue weighted by molar-refractivity contribution is 0.574. The Morgan fingerprint density at radius 3 is 2.45 bits per heavy atom. The molecule has 2 aromatic carbocycles. The second-order valence-electron chi connectivity index (χ2n) is 4.51. The van der Waals surface area contributed by atoms with Gasteiger partial charge in [0, 0.05) is 22.1 Å². The number of rotatable bonds is 4. The van der Waals surface area contributed by atoms with E-state index in [1.54, 1.807) is 0 Å². The van der Waals surface area contributed by atoms with Gasteiger partial charge in [-0.1, -0.05) is 62.9 Å². The van der Waals surface area contributed by atoms with Gasteiger partial charge in [-0.05, 0) is 42.3 Å². The lowest BCUT2D eigenvalue weighted by Gasteiger charge is -2.16. The third-order valence-electron chi connectivity index (χ3n) is 3.06. The highest BCUT2D eigenvalue weighted by atomic mass is 79.9. The molecule has 0 heterocycles. The summed E-state index contributed by atoms with van der Waals surface area (Å²) < 4.78 is 0.999. The van der Waals surface area contributed by atoms with Crippen molar-refractivity contribution in [2.45, 2.75) is 19.5 Å². The van der Waals surface area contributed by atoms with Crippen LogP contribution in [0.4, 0.5) is 0 Å². The standard InChI is InChI=1S/C15H13BrCl3N/c1-9(10-3-5-14(18)15(19)6-10)20-8-11-2-4-12(17)7-13(11)16/h2-7,9,20H,8H2,1H3. The van der Waals surface area contributed by atoms with Crippen molar-refractivity contribution in [1.29, 1.82) is 0 Å². The van der Waals surface area contributed by atoms with Crippen molar-refractivity contribution in [3.63, 3.8) is 0 Å². The van der Waals surface area contributed by atoms with E-state index in [9.17, 15) is 0 Å². The van der Waals surface area contributed by atoms with Gasteiger partial charge in [0.2, 0.25) is 0 Å². The highest BCUT2D eigenvalue weighted by Crippen LogP contribution is 2.26. The quantitative estimate of drug-likeness (QED) is 0.646. The largest absolute Gasteiger partial charge is 0.306 e. The van der Waals surface area contributed by atoms with Gasteiger partial charge < -0.3 is 5.32 Å². The van der Waals surface area contributed by atoms with Crippen LogP contribution in [0.1, 0.15) is 24.1 Å². The summed E-state index contributed by atoms with van der Waals surface area (Å²) in [5.41, 5.74) is 2.26. The zero-order valence-electron chi connectivity index (χ0n) is 10.8. The van der Waals surface area contributed by atoms with Crippen LogP contribution in [0, 0.1) is 0 Å². The Hall–Kier alpha value is -0.250. The molecule has 2 rings (SSSR count). The van der Waals surface area contributed by atoms with Crippen LogP contribution in [0.15, 0.2) is 40.9 Å². The Bertz CT molecular complexity index is 616. The highest BCUT2D eigenvalue weighted by Gasteiger charge is 2.08. The Labute approximate surface area is 142 Å². The van der Waals surface area contributed by atoms with Crippen molar-refractivity contribution in [3.05, 3.63) is 67.1 Å². The molecular weight excluding hydrogens is 380 g/mol. The van der Waals surface area contributed by atoms with Crippen LogP contribution < -0.4 is 5.32 Å². The Morgan fingerprint density at radius 1 is 1.05 bits per heavy atom. The second-order valence-corrected chi connectivity index (χ2v) is 6.62. The van der Waals surface area contributed by atoms with E-state index in [0.29, 0.717) is 10.0 Å². The van der Waals surface area contributed by atoms with E-state index in [2.05, 4.69) is 28.2 Å². The van der Waals surface area contributed by atoms with Gasteiger partial charge in [-0.2, -0.15) is 0 Å². The number of halogens is 4. The molecule has 0 aliphatic heterocycles. The normalized spacial score (nSPS) is 12.4. The van der Waals surface area contributed by atoms with Gasteiger partial charge in [-0.15, -0.1) is 0 Å². The first kappa shape index (κ1) is 16.1. The van der Waals surface area contributed by atoms with Crippen molar-refractivity contribution in [2.24, 2.45) is 0 Å². The third kappa shape index (κ3) is 4.12. The van der Waals surface area contributed by atoms with Crippen molar-refractivity contribution >= 4 is 50.7 Å². The molecule has 0 radical (unpaired) electrons. The van der Waals surface area contributed by atoms with Gasteiger partial charge >= 0.3 is 0 Å². The summed E-state index contributed by atoms with van der Waals surface area (Å²) in [6, 6.07) is 11.6. The third-order valence-corrected chi connectivity index (χ3v) is 4.77. The molecule has 1 unspecified atom stereocenters. The minimum Gasteiger partial charge on any atom is -0.306 e. The molecule has 0 saturated carbocycles. The predicted molar refractivity (Wildman–Crippen MR) is 90.9 cm³/mol.